The Bertz CT molecular complexity index is 3030. The van der Waals surface area contributed by atoms with Crippen molar-refractivity contribution in [3.8, 4) is 11.5 Å². The van der Waals surface area contributed by atoms with Gasteiger partial charge in [-0.25, -0.2) is 18.1 Å². The fraction of sp³-hybridized carbons (Fsp3) is 0.436. The van der Waals surface area contributed by atoms with Crippen molar-refractivity contribution in [2.75, 3.05) is 49.5 Å². The van der Waals surface area contributed by atoms with Gasteiger partial charge in [0.25, 0.3) is 21.6 Å². The number of nitrogens with zero attached hydrogens (tertiary/aromatic N) is 6. The van der Waals surface area contributed by atoms with Crippen molar-refractivity contribution in [3.05, 3.63) is 142 Å². The molecule has 5 heterocycles. The fourth-order valence-corrected chi connectivity index (χ4v) is 12.7. The Hall–Kier alpha value is -6.40. The second-order valence-electron chi connectivity index (χ2n) is 21.2. The van der Waals surface area contributed by atoms with Crippen LogP contribution in [0, 0.1) is 21.4 Å². The van der Waals surface area contributed by atoms with E-state index < -0.39 is 37.0 Å². The maximum Gasteiger partial charge on any atom is 0.293 e. The molecule has 3 aromatic carbocycles. The Morgan fingerprint density at radius 3 is 2.50 bits per heavy atom. The normalized spacial score (nSPS) is 21.9. The van der Waals surface area contributed by atoms with Crippen LogP contribution in [-0.4, -0.2) is 100 Å². The molecule has 1 spiro atoms. The van der Waals surface area contributed by atoms with Crippen LogP contribution in [0.4, 0.5) is 17.1 Å². The Kier molecular flexibility index (Phi) is 13.8. The number of carbonyl (C=O) groups excluding carboxylic acids is 1. The number of piperazine rings is 1. The molecule has 10 rings (SSSR count). The second-order valence-corrected chi connectivity index (χ2v) is 22.9. The summed E-state index contributed by atoms with van der Waals surface area (Å²) in [6.45, 7) is 12.3. The summed E-state index contributed by atoms with van der Waals surface area (Å²) in [6, 6.07) is 26.4. The van der Waals surface area contributed by atoms with Gasteiger partial charge in [0.1, 0.15) is 22.8 Å². The van der Waals surface area contributed by atoms with Crippen LogP contribution in [0.1, 0.15) is 111 Å². The Morgan fingerprint density at radius 2 is 1.75 bits per heavy atom. The highest BCUT2D eigenvalue weighted by Gasteiger charge is 2.50. The van der Waals surface area contributed by atoms with E-state index in [0.717, 1.165) is 94.9 Å². The zero-order valence-corrected chi connectivity index (χ0v) is 42.1. The highest BCUT2D eigenvalue weighted by Crippen LogP contribution is 2.53. The minimum Gasteiger partial charge on any atom is -0.455 e. The number of ether oxygens (including phenoxy) is 1. The number of hydrogen-bond donors (Lipinski definition) is 4. The summed E-state index contributed by atoms with van der Waals surface area (Å²) in [5, 5.41) is 26.5. The molecule has 1 atom stereocenters. The van der Waals surface area contributed by atoms with Gasteiger partial charge < -0.3 is 25.0 Å². The van der Waals surface area contributed by atoms with Crippen molar-refractivity contribution in [2.45, 2.75) is 107 Å². The van der Waals surface area contributed by atoms with Crippen LogP contribution in [0.2, 0.25) is 0 Å². The lowest BCUT2D eigenvalue weighted by molar-refractivity contribution is -0.384. The van der Waals surface area contributed by atoms with Crippen LogP contribution in [0.15, 0.2) is 115 Å². The maximum absolute atomic E-state index is 14.1. The molecule has 6 aromatic rings. The number of piperidine rings is 1. The van der Waals surface area contributed by atoms with E-state index >= 15 is 0 Å². The number of anilines is 2. The molecule has 378 valence electrons. The first-order chi connectivity index (χ1) is 34.6. The van der Waals surface area contributed by atoms with Gasteiger partial charge in [-0.3, -0.25) is 29.7 Å². The number of carbonyl (C=O) groups is 1. The van der Waals surface area contributed by atoms with E-state index in [-0.39, 0.29) is 28.3 Å². The molecule has 17 heteroatoms. The smallest absolute Gasteiger partial charge is 0.293 e. The molecule has 4 aliphatic rings. The summed E-state index contributed by atoms with van der Waals surface area (Å²) in [5.74, 6) is 0.180. The molecule has 0 bridgehead atoms. The average Bonchev–Trinajstić information content (AvgIpc) is 3.84. The first-order valence-corrected chi connectivity index (χ1v) is 26.9. The predicted octanol–water partition coefficient (Wildman–Crippen LogP) is 9.56. The first-order valence-electron chi connectivity index (χ1n) is 25.4. The molecule has 72 heavy (non-hydrogen) atoms. The molecule has 3 aromatic heterocycles. The number of amides is 1. The molecule has 1 unspecified atom stereocenters. The molecule has 2 saturated heterocycles. The van der Waals surface area contributed by atoms with Gasteiger partial charge in [0, 0.05) is 99.7 Å². The highest BCUT2D eigenvalue weighted by molar-refractivity contribution is 7.90. The molecule has 2 aliphatic carbocycles. The zero-order chi connectivity index (χ0) is 50.2. The van der Waals surface area contributed by atoms with Gasteiger partial charge in [-0.2, -0.15) is 0 Å². The molecule has 2 saturated carbocycles. The van der Waals surface area contributed by atoms with Gasteiger partial charge in [-0.15, -0.1) is 0 Å². The lowest BCUT2D eigenvalue weighted by Gasteiger charge is -2.58. The van der Waals surface area contributed by atoms with E-state index in [0.29, 0.717) is 48.8 Å². The predicted molar refractivity (Wildman–Crippen MR) is 278 cm³/mol. The van der Waals surface area contributed by atoms with Gasteiger partial charge in [0.05, 0.1) is 27.2 Å². The van der Waals surface area contributed by atoms with Crippen LogP contribution in [0.3, 0.4) is 0 Å². The standard InChI is InChI=1S/C55H65N9O7S/c1-37(2)45-8-4-5-9-46(45)50-36-61(35-39-7-6-21-56-32-39)25-26-63(50)42-30-55(31-42)19-23-62(24-20-55)41-10-12-47(51(28-41)71-43-27-40-16-22-57-52(40)59-34-43)53(65)60-72(69,70)44-11-13-48(49(29-44)64(67)68)58-33-38-14-17-54(3,66)18-15-38/h4-13,16,21-22,27-29,32,34,37-38,42,50,58,66H,14-15,17-20,23-26,30-31,33,35-36H2,1-3H3,(H,57,59)(H,60,65)/t38-,50?,54-. The van der Waals surface area contributed by atoms with Crippen molar-refractivity contribution in [1.29, 1.82) is 0 Å². The molecule has 2 aliphatic heterocycles. The number of aliphatic hydroxyl groups is 1. The third-order valence-electron chi connectivity index (χ3n) is 15.9. The summed E-state index contributed by atoms with van der Waals surface area (Å²) in [6.07, 6.45) is 14.2. The number of aromatic amines is 1. The van der Waals surface area contributed by atoms with E-state index in [4.69, 9.17) is 4.74 Å². The van der Waals surface area contributed by atoms with Gasteiger partial charge >= 0.3 is 0 Å². The van der Waals surface area contributed by atoms with Gasteiger partial charge in [-0.1, -0.05) is 44.2 Å². The van der Waals surface area contributed by atoms with E-state index in [2.05, 4.69) is 83.9 Å². The van der Waals surface area contributed by atoms with Crippen LogP contribution < -0.4 is 19.7 Å². The Labute approximate surface area is 421 Å². The van der Waals surface area contributed by atoms with E-state index in [9.17, 15) is 28.4 Å². The number of sulfonamides is 1. The minimum absolute atomic E-state index is 0.0276. The summed E-state index contributed by atoms with van der Waals surface area (Å²) >= 11 is 0. The van der Waals surface area contributed by atoms with Gasteiger partial charge in [0.2, 0.25) is 0 Å². The number of hydrogen-bond acceptors (Lipinski definition) is 13. The van der Waals surface area contributed by atoms with Crippen LogP contribution in [-0.2, 0) is 16.6 Å². The Morgan fingerprint density at radius 1 is 0.958 bits per heavy atom. The van der Waals surface area contributed by atoms with Crippen LogP contribution in [0.5, 0.6) is 11.5 Å². The summed E-state index contributed by atoms with van der Waals surface area (Å²) in [5.41, 5.74) is 4.84. The third-order valence-corrected chi connectivity index (χ3v) is 17.2. The number of aromatic nitrogens is 3. The van der Waals surface area contributed by atoms with Crippen LogP contribution >= 0.6 is 0 Å². The molecular weight excluding hydrogens is 931 g/mol. The minimum atomic E-state index is -4.58. The molecule has 1 amide bonds. The van der Waals surface area contributed by atoms with Crippen molar-refractivity contribution in [2.24, 2.45) is 11.3 Å². The van der Waals surface area contributed by atoms with Crippen LogP contribution in [0.25, 0.3) is 11.0 Å². The third kappa shape index (κ3) is 10.7. The largest absolute Gasteiger partial charge is 0.455 e. The Balaban J connectivity index is 0.833. The number of fused-ring (bicyclic) bond motifs is 1. The van der Waals surface area contributed by atoms with E-state index in [1.165, 1.54) is 28.8 Å². The molecule has 4 fully saturated rings. The lowest BCUT2D eigenvalue weighted by Crippen LogP contribution is -2.60. The molecular formula is C55H65N9O7S. The lowest BCUT2D eigenvalue weighted by atomic mass is 9.59. The van der Waals surface area contributed by atoms with Crippen molar-refractivity contribution >= 4 is 44.0 Å². The number of nitro groups is 1. The molecule has 0 radical (unpaired) electrons. The molecule has 4 N–H and O–H groups in total. The zero-order valence-electron chi connectivity index (χ0n) is 41.3. The van der Waals surface area contributed by atoms with Crippen molar-refractivity contribution < 1.29 is 28.0 Å². The summed E-state index contributed by atoms with van der Waals surface area (Å²) < 4.78 is 36.2. The fourth-order valence-electron chi connectivity index (χ4n) is 11.7. The monoisotopic (exact) mass is 995 g/mol. The van der Waals surface area contributed by atoms with Crippen molar-refractivity contribution in [1.82, 2.24) is 29.5 Å². The average molecular weight is 996 g/mol. The van der Waals surface area contributed by atoms with Gasteiger partial charge in [-0.05, 0) is 135 Å². The second kappa shape index (κ2) is 20.2. The number of H-pyrrole nitrogens is 1. The summed E-state index contributed by atoms with van der Waals surface area (Å²) in [4.78, 5) is 44.9. The number of nitrogens with one attached hydrogen (secondary N) is 3. The number of benzene rings is 3. The summed E-state index contributed by atoms with van der Waals surface area (Å²) in [7, 11) is -4.58. The van der Waals surface area contributed by atoms with Gasteiger partial charge in [0.15, 0.2) is 0 Å². The number of nitro benzene ring substituents is 1. The number of rotatable bonds is 15. The quantitative estimate of drug-likeness (QED) is 0.0561. The highest BCUT2D eigenvalue weighted by atomic mass is 32.2. The maximum atomic E-state index is 14.1. The number of pyridine rings is 2. The first kappa shape index (κ1) is 49.2. The van der Waals surface area contributed by atoms with E-state index in [1.54, 1.807) is 30.6 Å². The van der Waals surface area contributed by atoms with Crippen molar-refractivity contribution in [3.63, 3.8) is 0 Å². The van der Waals surface area contributed by atoms with E-state index in [1.807, 2.05) is 37.5 Å². The molecule has 16 nitrogen and oxygen atoms in total. The topological polar surface area (TPSA) is 199 Å². The SMILES string of the molecule is CC(C)c1ccccc1C1CN(Cc2cccnc2)CCN1C1CC2(CCN(c3ccc(C(=O)NS(=O)(=O)c4ccc(NC[C@H]5CC[C@](C)(O)CC5)c([N+](=O)[O-])c4)c(Oc4cnc5[nH]ccc5c4)c3)CC2)C1.